The summed E-state index contributed by atoms with van der Waals surface area (Å²) in [5.41, 5.74) is -0.0819. The smallest absolute Gasteiger partial charge is 0.366 e. The number of rotatable bonds is 3. The molecule has 0 unspecified atom stereocenters. The highest BCUT2D eigenvalue weighted by molar-refractivity contribution is 6.45. The van der Waals surface area contributed by atoms with Gasteiger partial charge in [-0.3, -0.25) is 9.59 Å². The molecule has 0 saturated carbocycles. The molecule has 4 nitrogen and oxygen atoms in total. The summed E-state index contributed by atoms with van der Waals surface area (Å²) in [5.74, 6) is -1.24. The van der Waals surface area contributed by atoms with Gasteiger partial charge in [0.15, 0.2) is 0 Å². The number of alkyl halides is 3. The van der Waals surface area contributed by atoms with Gasteiger partial charge in [0.2, 0.25) is 0 Å². The maximum Gasteiger partial charge on any atom is 0.416 e. The van der Waals surface area contributed by atoms with E-state index in [1.807, 2.05) is 4.90 Å². The summed E-state index contributed by atoms with van der Waals surface area (Å²) in [6, 6.07) is 10.8. The van der Waals surface area contributed by atoms with Gasteiger partial charge in [0.25, 0.3) is 11.8 Å². The standard InChI is InChI=1S/C22H18ClF3N2O2/c23-16-9-7-14(8-10-16)18-19(27-11-2-1-3-12-27)21(30)28(20(18)29)17-6-4-5-15(13-17)22(24,25)26/h4-10,13H,1-3,11-12H2. The van der Waals surface area contributed by atoms with Crippen molar-refractivity contribution in [1.82, 2.24) is 4.90 Å². The number of likely N-dealkylation sites (tertiary alicyclic amines) is 1. The Kier molecular flexibility index (Phi) is 5.32. The fraction of sp³-hybridized carbons (Fsp3) is 0.273. The molecule has 0 aromatic heterocycles. The molecular formula is C22H18ClF3N2O2. The van der Waals surface area contributed by atoms with E-state index in [1.165, 1.54) is 12.1 Å². The second-order valence-electron chi connectivity index (χ2n) is 7.27. The monoisotopic (exact) mass is 434 g/mol. The molecule has 2 heterocycles. The van der Waals surface area contributed by atoms with Crippen molar-refractivity contribution in [2.24, 2.45) is 0 Å². The molecule has 4 rings (SSSR count). The Morgan fingerprint density at radius 3 is 2.17 bits per heavy atom. The minimum atomic E-state index is -4.58. The maximum absolute atomic E-state index is 13.3. The van der Waals surface area contributed by atoms with Crippen LogP contribution in [-0.2, 0) is 15.8 Å². The number of carbonyl (C=O) groups is 2. The third kappa shape index (κ3) is 3.69. The predicted molar refractivity (Wildman–Crippen MR) is 108 cm³/mol. The largest absolute Gasteiger partial charge is 0.416 e. The molecule has 30 heavy (non-hydrogen) atoms. The van der Waals surface area contributed by atoms with Gasteiger partial charge >= 0.3 is 6.18 Å². The molecule has 2 aliphatic rings. The summed E-state index contributed by atoms with van der Waals surface area (Å²) in [7, 11) is 0. The van der Waals surface area contributed by atoms with Crippen molar-refractivity contribution in [2.75, 3.05) is 18.0 Å². The van der Waals surface area contributed by atoms with Crippen LogP contribution in [0.5, 0.6) is 0 Å². The normalized spacial score (nSPS) is 17.9. The van der Waals surface area contributed by atoms with Crippen LogP contribution in [0.3, 0.4) is 0 Å². The van der Waals surface area contributed by atoms with Gasteiger partial charge in [-0.05, 0) is 55.2 Å². The highest BCUT2D eigenvalue weighted by Crippen LogP contribution is 2.38. The Labute approximate surface area is 176 Å². The first-order chi connectivity index (χ1) is 14.3. The zero-order valence-corrected chi connectivity index (χ0v) is 16.6. The third-order valence-corrected chi connectivity index (χ3v) is 5.55. The third-order valence-electron chi connectivity index (χ3n) is 5.30. The Hall–Kier alpha value is -2.80. The van der Waals surface area contributed by atoms with Crippen molar-refractivity contribution in [3.8, 4) is 0 Å². The Morgan fingerprint density at radius 2 is 1.53 bits per heavy atom. The fourth-order valence-electron chi connectivity index (χ4n) is 3.86. The highest BCUT2D eigenvalue weighted by Gasteiger charge is 2.43. The first-order valence-corrected chi connectivity index (χ1v) is 9.96. The fourth-order valence-corrected chi connectivity index (χ4v) is 3.99. The van der Waals surface area contributed by atoms with Crippen LogP contribution in [0.15, 0.2) is 54.2 Å². The summed E-state index contributed by atoms with van der Waals surface area (Å²) >= 11 is 5.96. The van der Waals surface area contributed by atoms with E-state index >= 15 is 0 Å². The van der Waals surface area contributed by atoms with E-state index in [4.69, 9.17) is 11.6 Å². The lowest BCUT2D eigenvalue weighted by Gasteiger charge is -2.29. The molecule has 156 valence electrons. The number of piperidine rings is 1. The lowest BCUT2D eigenvalue weighted by atomic mass is 10.0. The van der Waals surface area contributed by atoms with E-state index in [2.05, 4.69) is 0 Å². The topological polar surface area (TPSA) is 40.6 Å². The molecule has 2 amide bonds. The van der Waals surface area contributed by atoms with Crippen molar-refractivity contribution >= 4 is 34.7 Å². The number of anilines is 1. The van der Waals surface area contributed by atoms with Gasteiger partial charge in [0.05, 0.1) is 16.8 Å². The minimum absolute atomic E-state index is 0.0988. The average molecular weight is 435 g/mol. The van der Waals surface area contributed by atoms with Crippen LogP contribution in [0.4, 0.5) is 18.9 Å². The van der Waals surface area contributed by atoms with E-state index in [0.29, 0.717) is 23.7 Å². The lowest BCUT2D eigenvalue weighted by molar-refractivity contribution is -0.137. The van der Waals surface area contributed by atoms with Gasteiger partial charge in [-0.15, -0.1) is 0 Å². The summed E-state index contributed by atoms with van der Waals surface area (Å²) in [5, 5.41) is 0.477. The van der Waals surface area contributed by atoms with Crippen LogP contribution in [0.1, 0.15) is 30.4 Å². The van der Waals surface area contributed by atoms with Crippen LogP contribution in [-0.4, -0.2) is 29.8 Å². The molecule has 0 bridgehead atoms. The zero-order chi connectivity index (χ0) is 21.5. The van der Waals surface area contributed by atoms with Crippen LogP contribution < -0.4 is 4.90 Å². The van der Waals surface area contributed by atoms with Crippen LogP contribution >= 0.6 is 11.6 Å². The molecule has 1 saturated heterocycles. The summed E-state index contributed by atoms with van der Waals surface area (Å²) in [4.78, 5) is 29.3. The van der Waals surface area contributed by atoms with E-state index in [0.717, 1.165) is 36.3 Å². The van der Waals surface area contributed by atoms with Crippen molar-refractivity contribution in [1.29, 1.82) is 0 Å². The van der Waals surface area contributed by atoms with Gasteiger partial charge in [-0.1, -0.05) is 29.8 Å². The maximum atomic E-state index is 13.3. The number of imide groups is 1. The van der Waals surface area contributed by atoms with Crippen LogP contribution in [0.2, 0.25) is 5.02 Å². The van der Waals surface area contributed by atoms with Crippen molar-refractivity contribution in [3.63, 3.8) is 0 Å². The van der Waals surface area contributed by atoms with Crippen molar-refractivity contribution < 1.29 is 22.8 Å². The number of hydrogen-bond donors (Lipinski definition) is 0. The van der Waals surface area contributed by atoms with E-state index < -0.39 is 23.6 Å². The number of amides is 2. The number of nitrogens with zero attached hydrogens (tertiary/aromatic N) is 2. The van der Waals surface area contributed by atoms with E-state index in [-0.39, 0.29) is 17.0 Å². The van der Waals surface area contributed by atoms with Crippen LogP contribution in [0.25, 0.3) is 5.57 Å². The molecule has 0 radical (unpaired) electrons. The number of carbonyl (C=O) groups excluding carboxylic acids is 2. The predicted octanol–water partition coefficient (Wildman–Crippen LogP) is 5.13. The molecule has 2 aromatic carbocycles. The molecule has 0 N–H and O–H groups in total. The first-order valence-electron chi connectivity index (χ1n) is 9.58. The molecular weight excluding hydrogens is 417 g/mol. The number of halogens is 4. The minimum Gasteiger partial charge on any atom is -0.366 e. The number of hydrogen-bond acceptors (Lipinski definition) is 3. The molecule has 8 heteroatoms. The lowest BCUT2D eigenvalue weighted by Crippen LogP contribution is -2.37. The molecule has 1 fully saturated rings. The van der Waals surface area contributed by atoms with Crippen molar-refractivity contribution in [3.05, 3.63) is 70.4 Å². The van der Waals surface area contributed by atoms with Crippen molar-refractivity contribution in [2.45, 2.75) is 25.4 Å². The van der Waals surface area contributed by atoms with E-state index in [1.54, 1.807) is 24.3 Å². The Bertz CT molecular complexity index is 1030. The van der Waals surface area contributed by atoms with Gasteiger partial charge in [0, 0.05) is 18.1 Å². The summed E-state index contributed by atoms with van der Waals surface area (Å²) < 4.78 is 39.5. The molecule has 0 aliphatic carbocycles. The number of benzene rings is 2. The van der Waals surface area contributed by atoms with Crippen LogP contribution in [0, 0.1) is 0 Å². The average Bonchev–Trinajstić information content (AvgIpc) is 2.99. The molecule has 0 atom stereocenters. The molecule has 0 spiro atoms. The Morgan fingerprint density at radius 1 is 0.867 bits per heavy atom. The molecule has 2 aromatic rings. The Balaban J connectivity index is 1.81. The van der Waals surface area contributed by atoms with Gasteiger partial charge in [-0.2, -0.15) is 13.2 Å². The van der Waals surface area contributed by atoms with Gasteiger partial charge in [-0.25, -0.2) is 4.90 Å². The van der Waals surface area contributed by atoms with Gasteiger partial charge < -0.3 is 4.90 Å². The quantitative estimate of drug-likeness (QED) is 0.629. The summed E-state index contributed by atoms with van der Waals surface area (Å²) in [6.07, 6.45) is -1.80. The highest BCUT2D eigenvalue weighted by atomic mass is 35.5. The van der Waals surface area contributed by atoms with E-state index in [9.17, 15) is 22.8 Å². The molecule has 2 aliphatic heterocycles. The summed E-state index contributed by atoms with van der Waals surface area (Å²) in [6.45, 7) is 1.23. The zero-order valence-electron chi connectivity index (χ0n) is 15.9. The SMILES string of the molecule is O=C1C(c2ccc(Cl)cc2)=C(N2CCCCC2)C(=O)N1c1cccc(C(F)(F)F)c1. The first kappa shape index (κ1) is 20.5. The van der Waals surface area contributed by atoms with Gasteiger partial charge in [0.1, 0.15) is 5.70 Å². The second-order valence-corrected chi connectivity index (χ2v) is 7.71. The second kappa shape index (κ2) is 7.80.